The van der Waals surface area contributed by atoms with Crippen LogP contribution in [-0.2, 0) is 6.54 Å². The average Bonchev–Trinajstić information content (AvgIpc) is 2.30. The van der Waals surface area contributed by atoms with Crippen molar-refractivity contribution in [2.75, 3.05) is 26.2 Å². The van der Waals surface area contributed by atoms with Gasteiger partial charge in [0.1, 0.15) is 0 Å². The fraction of sp³-hybridized carbons (Fsp3) is 0.571. The van der Waals surface area contributed by atoms with E-state index < -0.39 is 0 Å². The number of hydrogen-bond acceptors (Lipinski definition) is 2. The Kier molecular flexibility index (Phi) is 4.60. The molecule has 0 radical (unpaired) electrons. The third-order valence-electron chi connectivity index (χ3n) is 3.30. The van der Waals surface area contributed by atoms with Crippen LogP contribution < -0.4 is 5.32 Å². The van der Waals surface area contributed by atoms with Gasteiger partial charge in [0, 0.05) is 37.2 Å². The molecule has 0 aromatic heterocycles. The summed E-state index contributed by atoms with van der Waals surface area (Å²) in [4.78, 5) is 2.51. The van der Waals surface area contributed by atoms with Gasteiger partial charge >= 0.3 is 0 Å². The Hall–Kier alpha value is -0.380. The highest BCUT2D eigenvalue weighted by atomic mass is 79.9. The number of rotatable bonds is 3. The number of piperazine rings is 1. The second-order valence-electron chi connectivity index (χ2n) is 5.04. The van der Waals surface area contributed by atoms with Crippen LogP contribution >= 0.6 is 15.9 Å². The van der Waals surface area contributed by atoms with Crippen molar-refractivity contribution in [2.45, 2.75) is 26.3 Å². The maximum atomic E-state index is 3.68. The fourth-order valence-electron chi connectivity index (χ4n) is 2.26. The van der Waals surface area contributed by atoms with E-state index in [0.717, 1.165) is 32.7 Å². The van der Waals surface area contributed by atoms with Gasteiger partial charge in [0.2, 0.25) is 0 Å². The quantitative estimate of drug-likeness (QED) is 0.922. The normalized spacial score (nSPS) is 17.6. The van der Waals surface area contributed by atoms with Crippen LogP contribution in [0.4, 0.5) is 0 Å². The van der Waals surface area contributed by atoms with Crippen LogP contribution in [0.1, 0.15) is 30.9 Å². The van der Waals surface area contributed by atoms with E-state index in [2.05, 4.69) is 58.2 Å². The molecule has 1 aliphatic heterocycles. The highest BCUT2D eigenvalue weighted by Gasteiger charge is 2.11. The fourth-order valence-corrected chi connectivity index (χ4v) is 3.15. The SMILES string of the molecule is CC(C)c1ccc(CN2CCNCC2)cc1Br. The summed E-state index contributed by atoms with van der Waals surface area (Å²) < 4.78 is 1.25. The van der Waals surface area contributed by atoms with Crippen molar-refractivity contribution in [1.29, 1.82) is 0 Å². The molecule has 0 aliphatic carbocycles. The first kappa shape index (κ1) is 13.1. The molecule has 0 atom stereocenters. The molecular formula is C14H21BrN2. The minimum atomic E-state index is 0.581. The molecule has 0 bridgehead atoms. The first-order valence-corrected chi connectivity index (χ1v) is 7.17. The third kappa shape index (κ3) is 3.54. The van der Waals surface area contributed by atoms with Gasteiger partial charge in [0.05, 0.1) is 0 Å². The summed E-state index contributed by atoms with van der Waals surface area (Å²) in [5.41, 5.74) is 2.80. The molecule has 1 aromatic rings. The van der Waals surface area contributed by atoms with Gasteiger partial charge in [0.15, 0.2) is 0 Å². The van der Waals surface area contributed by atoms with E-state index in [-0.39, 0.29) is 0 Å². The van der Waals surface area contributed by atoms with Crippen molar-refractivity contribution in [3.05, 3.63) is 33.8 Å². The maximum Gasteiger partial charge on any atom is 0.0235 e. The molecule has 94 valence electrons. The Bertz CT molecular complexity index is 370. The maximum absolute atomic E-state index is 3.68. The van der Waals surface area contributed by atoms with Crippen molar-refractivity contribution in [1.82, 2.24) is 10.2 Å². The number of benzene rings is 1. The Morgan fingerprint density at radius 3 is 2.59 bits per heavy atom. The number of nitrogens with one attached hydrogen (secondary N) is 1. The first-order chi connectivity index (χ1) is 8.16. The zero-order valence-corrected chi connectivity index (χ0v) is 12.3. The van der Waals surface area contributed by atoms with Gasteiger partial charge in [-0.15, -0.1) is 0 Å². The van der Waals surface area contributed by atoms with E-state index in [1.807, 2.05) is 0 Å². The van der Waals surface area contributed by atoms with Gasteiger partial charge in [-0.1, -0.05) is 41.9 Å². The minimum Gasteiger partial charge on any atom is -0.314 e. The molecule has 3 heteroatoms. The van der Waals surface area contributed by atoms with Crippen LogP contribution in [0.15, 0.2) is 22.7 Å². The number of nitrogens with zero attached hydrogens (tertiary/aromatic N) is 1. The van der Waals surface area contributed by atoms with E-state index in [1.165, 1.54) is 15.6 Å². The summed E-state index contributed by atoms with van der Waals surface area (Å²) in [6.07, 6.45) is 0. The Labute approximate surface area is 113 Å². The van der Waals surface area contributed by atoms with E-state index >= 15 is 0 Å². The summed E-state index contributed by atoms with van der Waals surface area (Å²) in [5, 5.41) is 3.38. The molecule has 2 nitrogen and oxygen atoms in total. The summed E-state index contributed by atoms with van der Waals surface area (Å²) in [6.45, 7) is 10.1. The van der Waals surface area contributed by atoms with Crippen LogP contribution in [-0.4, -0.2) is 31.1 Å². The molecule has 0 unspecified atom stereocenters. The van der Waals surface area contributed by atoms with Gasteiger partial charge in [-0.25, -0.2) is 0 Å². The summed E-state index contributed by atoms with van der Waals surface area (Å²) in [5.74, 6) is 0.581. The predicted octanol–water partition coefficient (Wildman–Crippen LogP) is 2.98. The highest BCUT2D eigenvalue weighted by Crippen LogP contribution is 2.26. The topological polar surface area (TPSA) is 15.3 Å². The van der Waals surface area contributed by atoms with E-state index in [9.17, 15) is 0 Å². The van der Waals surface area contributed by atoms with Gasteiger partial charge in [-0.05, 0) is 23.1 Å². The van der Waals surface area contributed by atoms with Gasteiger partial charge < -0.3 is 5.32 Å². The van der Waals surface area contributed by atoms with Gasteiger partial charge in [-0.3, -0.25) is 4.90 Å². The standard InChI is InChI=1S/C14H21BrN2/c1-11(2)13-4-3-12(9-14(13)15)10-17-7-5-16-6-8-17/h3-4,9,11,16H,5-8,10H2,1-2H3. The van der Waals surface area contributed by atoms with Crippen LogP contribution in [0.5, 0.6) is 0 Å². The zero-order chi connectivity index (χ0) is 12.3. The minimum absolute atomic E-state index is 0.581. The number of halogens is 1. The first-order valence-electron chi connectivity index (χ1n) is 6.38. The largest absolute Gasteiger partial charge is 0.314 e. The molecule has 17 heavy (non-hydrogen) atoms. The third-order valence-corrected chi connectivity index (χ3v) is 3.99. The van der Waals surface area contributed by atoms with Crippen molar-refractivity contribution in [2.24, 2.45) is 0 Å². The highest BCUT2D eigenvalue weighted by molar-refractivity contribution is 9.10. The zero-order valence-electron chi connectivity index (χ0n) is 10.7. The van der Waals surface area contributed by atoms with Crippen LogP contribution in [0.25, 0.3) is 0 Å². The van der Waals surface area contributed by atoms with Crippen molar-refractivity contribution >= 4 is 15.9 Å². The molecule has 1 heterocycles. The Morgan fingerprint density at radius 2 is 2.00 bits per heavy atom. The van der Waals surface area contributed by atoms with E-state index in [1.54, 1.807) is 0 Å². The lowest BCUT2D eigenvalue weighted by Crippen LogP contribution is -2.42. The van der Waals surface area contributed by atoms with Crippen LogP contribution in [0, 0.1) is 0 Å². The smallest absolute Gasteiger partial charge is 0.0235 e. The van der Waals surface area contributed by atoms with Gasteiger partial charge in [0.25, 0.3) is 0 Å². The van der Waals surface area contributed by atoms with Crippen molar-refractivity contribution in [3.8, 4) is 0 Å². The average molecular weight is 297 g/mol. The lowest BCUT2D eigenvalue weighted by Gasteiger charge is -2.27. The molecule has 1 fully saturated rings. The molecule has 1 aliphatic rings. The molecule has 1 N–H and O–H groups in total. The molecule has 1 aromatic carbocycles. The second kappa shape index (κ2) is 5.98. The summed E-state index contributed by atoms with van der Waals surface area (Å²) in [6, 6.07) is 6.80. The van der Waals surface area contributed by atoms with E-state index in [0.29, 0.717) is 5.92 Å². The predicted molar refractivity (Wildman–Crippen MR) is 76.4 cm³/mol. The summed E-state index contributed by atoms with van der Waals surface area (Å²) in [7, 11) is 0. The van der Waals surface area contributed by atoms with Crippen LogP contribution in [0.3, 0.4) is 0 Å². The van der Waals surface area contributed by atoms with Crippen molar-refractivity contribution < 1.29 is 0 Å². The van der Waals surface area contributed by atoms with Gasteiger partial charge in [-0.2, -0.15) is 0 Å². The molecule has 0 saturated carbocycles. The lowest BCUT2D eigenvalue weighted by molar-refractivity contribution is 0.233. The molecular weight excluding hydrogens is 276 g/mol. The monoisotopic (exact) mass is 296 g/mol. The lowest BCUT2D eigenvalue weighted by atomic mass is 10.0. The molecule has 0 spiro atoms. The molecule has 1 saturated heterocycles. The number of hydrogen-bond donors (Lipinski definition) is 1. The van der Waals surface area contributed by atoms with Crippen LogP contribution in [0.2, 0.25) is 0 Å². The Balaban J connectivity index is 2.04. The van der Waals surface area contributed by atoms with Crippen molar-refractivity contribution in [3.63, 3.8) is 0 Å². The summed E-state index contributed by atoms with van der Waals surface area (Å²) >= 11 is 3.68. The second-order valence-corrected chi connectivity index (χ2v) is 5.89. The molecule has 2 rings (SSSR count). The molecule has 0 amide bonds. The van der Waals surface area contributed by atoms with E-state index in [4.69, 9.17) is 0 Å². The Morgan fingerprint density at radius 1 is 1.29 bits per heavy atom.